The Morgan fingerprint density at radius 3 is 2.50 bits per heavy atom. The second kappa shape index (κ2) is 8.98. The Bertz CT molecular complexity index is 1350. The molecule has 1 fully saturated rings. The van der Waals surface area contributed by atoms with Gasteiger partial charge >= 0.3 is 0 Å². The lowest BCUT2D eigenvalue weighted by atomic mass is 10.1. The molecule has 3 aromatic carbocycles. The Labute approximate surface area is 201 Å². The molecule has 34 heavy (non-hydrogen) atoms. The van der Waals surface area contributed by atoms with E-state index in [2.05, 4.69) is 68.7 Å². The number of aryl methyl sites for hydroxylation is 4. The molecule has 1 aromatic heterocycles. The molecule has 174 valence electrons. The summed E-state index contributed by atoms with van der Waals surface area (Å²) in [5.41, 5.74) is 7.66. The fourth-order valence-electron chi connectivity index (χ4n) is 5.08. The van der Waals surface area contributed by atoms with Crippen molar-refractivity contribution < 1.29 is 9.53 Å². The minimum atomic E-state index is 0.0413. The summed E-state index contributed by atoms with van der Waals surface area (Å²) in [6, 6.07) is 20.7. The summed E-state index contributed by atoms with van der Waals surface area (Å²) in [6.45, 7) is 10.2. The highest BCUT2D eigenvalue weighted by Crippen LogP contribution is 2.36. The van der Waals surface area contributed by atoms with Crippen LogP contribution in [-0.4, -0.2) is 28.6 Å². The second-order valence-corrected chi connectivity index (χ2v) is 9.37. The van der Waals surface area contributed by atoms with E-state index in [-0.39, 0.29) is 11.8 Å². The van der Waals surface area contributed by atoms with Gasteiger partial charge in [0.1, 0.15) is 18.2 Å². The number of benzene rings is 3. The van der Waals surface area contributed by atoms with Crippen molar-refractivity contribution in [2.45, 2.75) is 46.6 Å². The van der Waals surface area contributed by atoms with Crippen molar-refractivity contribution in [3.05, 3.63) is 88.7 Å². The van der Waals surface area contributed by atoms with Crippen molar-refractivity contribution in [2.75, 3.05) is 18.1 Å². The van der Waals surface area contributed by atoms with Gasteiger partial charge in [0, 0.05) is 24.6 Å². The molecular formula is C29H31N3O2. The van der Waals surface area contributed by atoms with Gasteiger partial charge in [0.25, 0.3) is 0 Å². The highest BCUT2D eigenvalue weighted by atomic mass is 16.5. The number of aromatic nitrogens is 2. The number of hydrogen-bond donors (Lipinski definition) is 0. The molecule has 0 spiro atoms. The Morgan fingerprint density at radius 1 is 0.941 bits per heavy atom. The molecule has 0 N–H and O–H groups in total. The number of anilines is 1. The van der Waals surface area contributed by atoms with Crippen LogP contribution in [0.1, 0.15) is 40.4 Å². The number of ether oxygens (including phenoxy) is 1. The zero-order valence-corrected chi connectivity index (χ0v) is 20.3. The number of amides is 1. The summed E-state index contributed by atoms with van der Waals surface area (Å²) in [4.78, 5) is 20.1. The second-order valence-electron chi connectivity index (χ2n) is 9.37. The lowest BCUT2D eigenvalue weighted by Gasteiger charge is -2.21. The van der Waals surface area contributed by atoms with Crippen molar-refractivity contribution in [2.24, 2.45) is 0 Å². The zero-order valence-electron chi connectivity index (χ0n) is 20.3. The molecule has 1 saturated heterocycles. The summed E-state index contributed by atoms with van der Waals surface area (Å²) < 4.78 is 8.42. The smallest absolute Gasteiger partial charge is 0.227 e. The quantitative estimate of drug-likeness (QED) is 0.367. The first-order valence-corrected chi connectivity index (χ1v) is 11.9. The third-order valence-corrected chi connectivity index (χ3v) is 6.80. The van der Waals surface area contributed by atoms with E-state index in [9.17, 15) is 4.79 Å². The van der Waals surface area contributed by atoms with Gasteiger partial charge in [-0.05, 0) is 68.1 Å². The van der Waals surface area contributed by atoms with E-state index in [0.29, 0.717) is 26.1 Å². The maximum absolute atomic E-state index is 13.1. The molecule has 5 rings (SSSR count). The molecule has 4 aromatic rings. The first kappa shape index (κ1) is 22.2. The number of hydrogen-bond acceptors (Lipinski definition) is 3. The van der Waals surface area contributed by atoms with Crippen LogP contribution in [-0.2, 0) is 11.3 Å². The van der Waals surface area contributed by atoms with Gasteiger partial charge in [-0.25, -0.2) is 4.98 Å². The zero-order chi connectivity index (χ0) is 23.8. The third kappa shape index (κ3) is 4.07. The van der Waals surface area contributed by atoms with Gasteiger partial charge in [-0.2, -0.15) is 0 Å². The molecule has 1 atom stereocenters. The van der Waals surface area contributed by atoms with Crippen molar-refractivity contribution in [1.82, 2.24) is 9.55 Å². The van der Waals surface area contributed by atoms with Crippen LogP contribution in [0.2, 0.25) is 0 Å². The Kier molecular flexibility index (Phi) is 5.86. The summed E-state index contributed by atoms with van der Waals surface area (Å²) in [7, 11) is 0. The minimum Gasteiger partial charge on any atom is -0.491 e. The van der Waals surface area contributed by atoms with E-state index in [1.165, 1.54) is 5.56 Å². The molecular weight excluding hydrogens is 422 g/mol. The molecule has 5 nitrogen and oxygen atoms in total. The highest BCUT2D eigenvalue weighted by molar-refractivity contribution is 5.98. The van der Waals surface area contributed by atoms with Gasteiger partial charge in [-0.3, -0.25) is 4.79 Å². The molecule has 1 amide bonds. The van der Waals surface area contributed by atoms with E-state index in [0.717, 1.165) is 45.0 Å². The average molecular weight is 454 g/mol. The maximum atomic E-state index is 13.1. The van der Waals surface area contributed by atoms with Crippen LogP contribution in [0.25, 0.3) is 11.0 Å². The molecule has 0 aliphatic carbocycles. The number of nitrogens with zero attached hydrogens (tertiary/aromatic N) is 3. The largest absolute Gasteiger partial charge is 0.491 e. The number of para-hydroxylation sites is 3. The van der Waals surface area contributed by atoms with Crippen molar-refractivity contribution in [3.63, 3.8) is 0 Å². The van der Waals surface area contributed by atoms with E-state index in [4.69, 9.17) is 9.72 Å². The number of carbonyl (C=O) groups is 1. The predicted octanol–water partition coefficient (Wildman–Crippen LogP) is 5.87. The van der Waals surface area contributed by atoms with Gasteiger partial charge < -0.3 is 14.2 Å². The van der Waals surface area contributed by atoms with E-state index in [1.807, 2.05) is 29.2 Å². The normalized spacial score (nSPS) is 15.9. The van der Waals surface area contributed by atoms with E-state index >= 15 is 0 Å². The van der Waals surface area contributed by atoms with Gasteiger partial charge in [0.05, 0.1) is 17.6 Å². The summed E-state index contributed by atoms with van der Waals surface area (Å²) >= 11 is 0. The van der Waals surface area contributed by atoms with Crippen molar-refractivity contribution in [1.29, 1.82) is 0 Å². The standard InChI is InChI=1S/C29H31N3O2/c1-19-12-13-20(2)26(16-19)34-15-14-31-25-11-6-5-10-24(25)30-29(31)23-17-27(33)32(18-23)28-21(3)8-7-9-22(28)4/h5-13,16,23H,14-15,17-18H2,1-4H3/t23-/m1/s1. The van der Waals surface area contributed by atoms with E-state index < -0.39 is 0 Å². The Hall–Kier alpha value is -3.60. The lowest BCUT2D eigenvalue weighted by Crippen LogP contribution is -2.26. The molecule has 1 aliphatic rings. The van der Waals surface area contributed by atoms with Crippen LogP contribution >= 0.6 is 0 Å². The lowest BCUT2D eigenvalue weighted by molar-refractivity contribution is -0.117. The van der Waals surface area contributed by atoms with Crippen LogP contribution in [0.15, 0.2) is 60.7 Å². The monoisotopic (exact) mass is 453 g/mol. The van der Waals surface area contributed by atoms with Crippen molar-refractivity contribution in [3.8, 4) is 5.75 Å². The van der Waals surface area contributed by atoms with Crippen LogP contribution in [0.3, 0.4) is 0 Å². The molecule has 0 saturated carbocycles. The SMILES string of the molecule is Cc1ccc(C)c(OCCn2c([C@@H]3CC(=O)N(c4c(C)cccc4C)C3)nc3ccccc32)c1. The fourth-order valence-corrected chi connectivity index (χ4v) is 5.08. The molecule has 0 bridgehead atoms. The predicted molar refractivity (Wildman–Crippen MR) is 137 cm³/mol. The first-order valence-electron chi connectivity index (χ1n) is 11.9. The van der Waals surface area contributed by atoms with Crippen LogP contribution in [0, 0.1) is 27.7 Å². The van der Waals surface area contributed by atoms with Gasteiger partial charge in [0.15, 0.2) is 0 Å². The van der Waals surface area contributed by atoms with Gasteiger partial charge in [-0.15, -0.1) is 0 Å². The molecule has 0 radical (unpaired) electrons. The summed E-state index contributed by atoms with van der Waals surface area (Å²) in [5, 5.41) is 0. The topological polar surface area (TPSA) is 47.4 Å². The minimum absolute atomic E-state index is 0.0413. The molecule has 5 heteroatoms. The third-order valence-electron chi connectivity index (χ3n) is 6.80. The van der Waals surface area contributed by atoms with Crippen LogP contribution < -0.4 is 9.64 Å². The Morgan fingerprint density at radius 2 is 1.71 bits per heavy atom. The number of carbonyl (C=O) groups excluding carboxylic acids is 1. The van der Waals surface area contributed by atoms with Crippen molar-refractivity contribution >= 4 is 22.6 Å². The average Bonchev–Trinajstić information content (AvgIpc) is 3.37. The number of fused-ring (bicyclic) bond motifs is 1. The fraction of sp³-hybridized carbons (Fsp3) is 0.310. The highest BCUT2D eigenvalue weighted by Gasteiger charge is 2.35. The Balaban J connectivity index is 1.43. The van der Waals surface area contributed by atoms with Crippen LogP contribution in [0.4, 0.5) is 5.69 Å². The number of rotatable bonds is 6. The summed E-state index contributed by atoms with van der Waals surface area (Å²) in [5.74, 6) is 2.09. The summed E-state index contributed by atoms with van der Waals surface area (Å²) in [6.07, 6.45) is 0.467. The molecule has 1 aliphatic heterocycles. The van der Waals surface area contributed by atoms with Gasteiger partial charge in [0.2, 0.25) is 5.91 Å². The first-order chi connectivity index (χ1) is 16.4. The number of imidazole rings is 1. The molecule has 2 heterocycles. The maximum Gasteiger partial charge on any atom is 0.227 e. The van der Waals surface area contributed by atoms with Crippen LogP contribution in [0.5, 0.6) is 5.75 Å². The van der Waals surface area contributed by atoms with E-state index in [1.54, 1.807) is 0 Å². The van der Waals surface area contributed by atoms with Gasteiger partial charge in [-0.1, -0.05) is 42.5 Å². The molecule has 0 unspecified atom stereocenters.